The Kier molecular flexibility index (Phi) is 6.02. The molecule has 31 heavy (non-hydrogen) atoms. The molecule has 1 aliphatic carbocycles. The van der Waals surface area contributed by atoms with E-state index in [1.165, 1.54) is 37.0 Å². The van der Waals surface area contributed by atoms with Crippen LogP contribution in [0.1, 0.15) is 48.2 Å². The largest absolute Gasteiger partial charge is 0.507 e. The second kappa shape index (κ2) is 8.88. The summed E-state index contributed by atoms with van der Waals surface area (Å²) in [6.45, 7) is 0. The Balaban J connectivity index is 1.64. The van der Waals surface area contributed by atoms with Crippen molar-refractivity contribution < 1.29 is 19.4 Å². The molecule has 1 fully saturated rings. The van der Waals surface area contributed by atoms with Crippen LogP contribution in [0.3, 0.4) is 0 Å². The maximum Gasteiger partial charge on any atom is 0.261 e. The van der Waals surface area contributed by atoms with Crippen molar-refractivity contribution in [3.05, 3.63) is 41.6 Å². The van der Waals surface area contributed by atoms with Crippen molar-refractivity contribution in [3.63, 3.8) is 0 Å². The van der Waals surface area contributed by atoms with Gasteiger partial charge in [-0.2, -0.15) is 5.10 Å². The highest BCUT2D eigenvalue weighted by molar-refractivity contribution is 6.09. The number of carbonyl (C=O) groups excluding carboxylic acids is 1. The van der Waals surface area contributed by atoms with Gasteiger partial charge in [0.05, 0.1) is 25.3 Å². The number of aromatic hydroxyl groups is 1. The van der Waals surface area contributed by atoms with E-state index in [0.717, 1.165) is 17.5 Å². The number of hydrogen-bond acceptors (Lipinski definition) is 5. The number of H-pyrrole nitrogens is 1. The summed E-state index contributed by atoms with van der Waals surface area (Å²) in [7, 11) is 4.79. The van der Waals surface area contributed by atoms with Gasteiger partial charge >= 0.3 is 0 Å². The van der Waals surface area contributed by atoms with Crippen molar-refractivity contribution in [1.29, 1.82) is 0 Å². The van der Waals surface area contributed by atoms with Crippen LogP contribution in [-0.2, 0) is 6.42 Å². The van der Waals surface area contributed by atoms with E-state index in [1.54, 1.807) is 51.6 Å². The molecule has 0 unspecified atom stereocenters. The highest BCUT2D eigenvalue weighted by Crippen LogP contribution is 2.34. The van der Waals surface area contributed by atoms with E-state index in [9.17, 15) is 9.90 Å². The van der Waals surface area contributed by atoms with Crippen LogP contribution in [0, 0.1) is 5.92 Å². The topological polar surface area (TPSA) is 87.7 Å². The summed E-state index contributed by atoms with van der Waals surface area (Å²) < 4.78 is 10.6. The lowest BCUT2D eigenvalue weighted by Crippen LogP contribution is -2.26. The maximum absolute atomic E-state index is 13.3. The number of phenolic OH excluding ortho intramolecular Hbond substituents is 1. The molecule has 4 rings (SSSR count). The second-order valence-electron chi connectivity index (χ2n) is 8.20. The molecule has 0 bridgehead atoms. The number of carbonyl (C=O) groups is 1. The van der Waals surface area contributed by atoms with Gasteiger partial charge in [-0.1, -0.05) is 32.1 Å². The van der Waals surface area contributed by atoms with Gasteiger partial charge in [-0.25, -0.2) is 0 Å². The zero-order valence-corrected chi connectivity index (χ0v) is 18.3. The third kappa shape index (κ3) is 4.17. The number of nitrogens with zero attached hydrogens (tertiary/aromatic N) is 2. The van der Waals surface area contributed by atoms with E-state index < -0.39 is 0 Å². The summed E-state index contributed by atoms with van der Waals surface area (Å²) in [4.78, 5) is 14.7. The number of rotatable bonds is 6. The molecule has 2 N–H and O–H groups in total. The molecular formula is C24H29N3O4. The van der Waals surface area contributed by atoms with E-state index in [1.807, 2.05) is 0 Å². The number of ether oxygens (including phenoxy) is 2. The van der Waals surface area contributed by atoms with Gasteiger partial charge < -0.3 is 19.5 Å². The highest BCUT2D eigenvalue weighted by Gasteiger charge is 2.22. The fraction of sp³-hybridized carbons (Fsp3) is 0.417. The number of nitrogens with one attached hydrogen (secondary N) is 1. The van der Waals surface area contributed by atoms with Gasteiger partial charge in [-0.15, -0.1) is 0 Å². The summed E-state index contributed by atoms with van der Waals surface area (Å²) >= 11 is 0. The molecule has 1 amide bonds. The third-order valence-electron chi connectivity index (χ3n) is 6.26. The lowest BCUT2D eigenvalue weighted by atomic mass is 9.85. The van der Waals surface area contributed by atoms with Crippen LogP contribution in [0.5, 0.6) is 17.2 Å². The number of fused-ring (bicyclic) bond motifs is 1. The van der Waals surface area contributed by atoms with Crippen LogP contribution in [-0.4, -0.2) is 42.5 Å². The lowest BCUT2D eigenvalue weighted by molar-refractivity contribution is 0.0990. The van der Waals surface area contributed by atoms with Crippen molar-refractivity contribution in [1.82, 2.24) is 10.2 Å². The Bertz CT molecular complexity index is 1090. The van der Waals surface area contributed by atoms with Crippen molar-refractivity contribution in [2.24, 2.45) is 5.92 Å². The smallest absolute Gasteiger partial charge is 0.261 e. The number of hydrogen-bond donors (Lipinski definition) is 2. The molecule has 2 aromatic carbocycles. The molecule has 164 valence electrons. The Morgan fingerprint density at radius 3 is 2.58 bits per heavy atom. The number of anilines is 1. The number of methoxy groups -OCH3 is 2. The van der Waals surface area contributed by atoms with Crippen molar-refractivity contribution in [3.8, 4) is 17.2 Å². The van der Waals surface area contributed by atoms with Crippen LogP contribution in [0.25, 0.3) is 10.9 Å². The zero-order valence-electron chi connectivity index (χ0n) is 18.3. The number of amides is 1. The molecule has 3 aromatic rings. The van der Waals surface area contributed by atoms with E-state index in [0.29, 0.717) is 28.6 Å². The van der Waals surface area contributed by atoms with Crippen molar-refractivity contribution in [2.45, 2.75) is 38.5 Å². The van der Waals surface area contributed by atoms with Crippen molar-refractivity contribution in [2.75, 3.05) is 26.2 Å². The first kappa shape index (κ1) is 21.0. The average Bonchev–Trinajstić information content (AvgIpc) is 3.18. The number of benzene rings is 2. The van der Waals surface area contributed by atoms with Crippen molar-refractivity contribution >= 4 is 22.5 Å². The SMILES string of the molecule is COc1ccc(N(C)C(=O)c2cc3c(CC4CCCCC4)[nH]nc3cc2O)cc1OC. The summed E-state index contributed by atoms with van der Waals surface area (Å²) in [5.74, 6) is 1.36. The van der Waals surface area contributed by atoms with Gasteiger partial charge in [0.1, 0.15) is 5.75 Å². The maximum atomic E-state index is 13.3. The van der Waals surface area contributed by atoms with Gasteiger partial charge in [0.2, 0.25) is 0 Å². The monoisotopic (exact) mass is 423 g/mol. The Hall–Kier alpha value is -3.22. The Morgan fingerprint density at radius 1 is 1.13 bits per heavy atom. The molecule has 0 aliphatic heterocycles. The number of phenols is 1. The van der Waals surface area contributed by atoms with Gasteiger partial charge in [0.15, 0.2) is 11.5 Å². The second-order valence-corrected chi connectivity index (χ2v) is 8.20. The molecular weight excluding hydrogens is 394 g/mol. The molecule has 0 radical (unpaired) electrons. The Morgan fingerprint density at radius 2 is 1.87 bits per heavy atom. The molecule has 1 aliphatic rings. The predicted octanol–water partition coefficient (Wildman–Crippen LogP) is 4.69. The average molecular weight is 424 g/mol. The van der Waals surface area contributed by atoms with Gasteiger partial charge in [-0.3, -0.25) is 9.89 Å². The first-order chi connectivity index (χ1) is 15.0. The van der Waals surface area contributed by atoms with Gasteiger partial charge in [0, 0.05) is 35.9 Å². The Labute approximate surface area is 182 Å². The standard InChI is InChI=1S/C24H29N3O4/c1-27(16-9-10-22(30-2)23(12-16)31-3)24(29)18-13-17-19(11-15-7-5-4-6-8-15)25-26-20(17)14-21(18)28/h9-10,12-15,28H,4-8,11H2,1-3H3,(H,25,26). The molecule has 1 saturated carbocycles. The fourth-order valence-corrected chi connectivity index (χ4v) is 4.44. The van der Waals surface area contributed by atoms with Crippen LogP contribution >= 0.6 is 0 Å². The lowest BCUT2D eigenvalue weighted by Gasteiger charge is -2.21. The minimum atomic E-state index is -0.309. The first-order valence-electron chi connectivity index (χ1n) is 10.7. The number of aromatic amines is 1. The van der Waals surface area contributed by atoms with E-state index in [2.05, 4.69) is 10.2 Å². The zero-order chi connectivity index (χ0) is 22.0. The quantitative estimate of drug-likeness (QED) is 0.601. The highest BCUT2D eigenvalue weighted by atomic mass is 16.5. The predicted molar refractivity (Wildman–Crippen MR) is 120 cm³/mol. The number of aromatic nitrogens is 2. The molecule has 0 spiro atoms. The first-order valence-corrected chi connectivity index (χ1v) is 10.7. The summed E-state index contributed by atoms with van der Waals surface area (Å²) in [5, 5.41) is 18.9. The van der Waals surface area contributed by atoms with Crippen LogP contribution in [0.4, 0.5) is 5.69 Å². The van der Waals surface area contributed by atoms with E-state index in [4.69, 9.17) is 9.47 Å². The summed E-state index contributed by atoms with van der Waals surface area (Å²) in [6.07, 6.45) is 7.24. The van der Waals surface area contributed by atoms with Crippen LogP contribution in [0.2, 0.25) is 0 Å². The van der Waals surface area contributed by atoms with Crippen LogP contribution in [0.15, 0.2) is 30.3 Å². The fourth-order valence-electron chi connectivity index (χ4n) is 4.44. The molecule has 0 saturated heterocycles. The van der Waals surface area contributed by atoms with E-state index in [-0.39, 0.29) is 17.2 Å². The normalized spacial score (nSPS) is 14.5. The van der Waals surface area contributed by atoms with Crippen LogP contribution < -0.4 is 14.4 Å². The molecule has 0 atom stereocenters. The van der Waals surface area contributed by atoms with E-state index >= 15 is 0 Å². The molecule has 1 aromatic heterocycles. The minimum Gasteiger partial charge on any atom is -0.507 e. The molecule has 7 nitrogen and oxygen atoms in total. The molecule has 1 heterocycles. The minimum absolute atomic E-state index is 0.0828. The van der Waals surface area contributed by atoms with Gasteiger partial charge in [0.25, 0.3) is 5.91 Å². The summed E-state index contributed by atoms with van der Waals surface area (Å²) in [5.41, 5.74) is 2.59. The summed E-state index contributed by atoms with van der Waals surface area (Å²) in [6, 6.07) is 8.58. The van der Waals surface area contributed by atoms with Gasteiger partial charge in [-0.05, 0) is 30.5 Å². The molecule has 7 heteroatoms. The third-order valence-corrected chi connectivity index (χ3v) is 6.26.